The third kappa shape index (κ3) is 1.71. The van der Waals surface area contributed by atoms with E-state index >= 15 is 0 Å². The first-order valence-corrected chi connectivity index (χ1v) is 7.68. The van der Waals surface area contributed by atoms with Crippen molar-refractivity contribution < 1.29 is 9.53 Å². The summed E-state index contributed by atoms with van der Waals surface area (Å²) in [5, 5.41) is 0. The van der Waals surface area contributed by atoms with E-state index in [0.717, 1.165) is 24.2 Å². The van der Waals surface area contributed by atoms with Crippen LogP contribution in [0.5, 0.6) is 0 Å². The SMILES string of the molecule is CC(=O)OCC=C(C)CCC1(C)C2CC3C(C2)C31C. The standard InChI is InChI=1S/C17H26O2/c1-11(6-8-19-12(2)18)5-7-16(3)13-9-14-15(10-13)17(14,16)4/h6,13-15H,5,7-10H2,1-4H3. The Morgan fingerprint density at radius 1 is 1.26 bits per heavy atom. The molecule has 106 valence electrons. The average molecular weight is 262 g/mol. The summed E-state index contributed by atoms with van der Waals surface area (Å²) < 4.78 is 4.97. The molecule has 4 rings (SSSR count). The first-order chi connectivity index (χ1) is 8.89. The number of rotatable bonds is 5. The highest BCUT2D eigenvalue weighted by molar-refractivity contribution is 5.66. The van der Waals surface area contributed by atoms with Crippen LogP contribution in [0.15, 0.2) is 11.6 Å². The molecule has 0 aromatic heterocycles. The van der Waals surface area contributed by atoms with Gasteiger partial charge in [-0.25, -0.2) is 0 Å². The average Bonchev–Trinajstić information content (AvgIpc) is 2.70. The molecule has 0 N–H and O–H groups in total. The molecule has 3 atom stereocenters. The summed E-state index contributed by atoms with van der Waals surface area (Å²) in [4.78, 5) is 10.7. The quantitative estimate of drug-likeness (QED) is 0.554. The van der Waals surface area contributed by atoms with Crippen molar-refractivity contribution in [1.29, 1.82) is 0 Å². The Balaban J connectivity index is 1.54. The number of carbonyl (C=O) groups is 1. The molecule has 0 radical (unpaired) electrons. The fourth-order valence-electron chi connectivity index (χ4n) is 5.37. The molecule has 0 amide bonds. The van der Waals surface area contributed by atoms with E-state index in [9.17, 15) is 4.79 Å². The van der Waals surface area contributed by atoms with Crippen LogP contribution < -0.4 is 0 Å². The molecule has 4 aliphatic rings. The normalized spacial score (nSPS) is 46.5. The molecule has 4 saturated carbocycles. The van der Waals surface area contributed by atoms with E-state index in [1.54, 1.807) is 0 Å². The number of allylic oxidation sites excluding steroid dienone is 1. The number of carbonyl (C=O) groups excluding carboxylic acids is 1. The zero-order valence-corrected chi connectivity index (χ0v) is 12.7. The minimum atomic E-state index is -0.194. The Kier molecular flexibility index (Phi) is 2.85. The minimum absolute atomic E-state index is 0.194. The topological polar surface area (TPSA) is 26.3 Å². The smallest absolute Gasteiger partial charge is 0.302 e. The molecule has 2 nitrogen and oxygen atoms in total. The Bertz CT molecular complexity index is 425. The van der Waals surface area contributed by atoms with E-state index in [1.165, 1.54) is 31.8 Å². The molecule has 0 heterocycles. The van der Waals surface area contributed by atoms with E-state index < -0.39 is 0 Å². The van der Waals surface area contributed by atoms with Crippen molar-refractivity contribution in [2.45, 2.75) is 53.4 Å². The third-order valence-electron chi connectivity index (χ3n) is 6.88. The fraction of sp³-hybridized carbons (Fsp3) is 0.824. The molecule has 4 aliphatic carbocycles. The van der Waals surface area contributed by atoms with E-state index in [4.69, 9.17) is 4.74 Å². The van der Waals surface area contributed by atoms with Crippen molar-refractivity contribution in [2.75, 3.05) is 6.61 Å². The van der Waals surface area contributed by atoms with Gasteiger partial charge >= 0.3 is 5.97 Å². The van der Waals surface area contributed by atoms with Gasteiger partial charge < -0.3 is 4.74 Å². The highest BCUT2D eigenvalue weighted by atomic mass is 16.5. The lowest BCUT2D eigenvalue weighted by Crippen LogP contribution is -2.27. The minimum Gasteiger partial charge on any atom is -0.462 e. The largest absolute Gasteiger partial charge is 0.462 e. The summed E-state index contributed by atoms with van der Waals surface area (Å²) in [7, 11) is 0. The number of hydrogen-bond donors (Lipinski definition) is 0. The van der Waals surface area contributed by atoms with Crippen molar-refractivity contribution >= 4 is 5.97 Å². The predicted octanol–water partition coefficient (Wildman–Crippen LogP) is 3.96. The van der Waals surface area contributed by atoms with Crippen LogP contribution in [0.3, 0.4) is 0 Å². The van der Waals surface area contributed by atoms with Crippen molar-refractivity contribution in [3.63, 3.8) is 0 Å². The fourth-order valence-corrected chi connectivity index (χ4v) is 5.37. The van der Waals surface area contributed by atoms with Crippen LogP contribution in [0.25, 0.3) is 0 Å². The third-order valence-corrected chi connectivity index (χ3v) is 6.88. The molecule has 0 aliphatic heterocycles. The summed E-state index contributed by atoms with van der Waals surface area (Å²) in [5.41, 5.74) is 2.60. The second-order valence-corrected chi connectivity index (χ2v) is 7.43. The monoisotopic (exact) mass is 262 g/mol. The number of ether oxygens (including phenoxy) is 1. The van der Waals surface area contributed by atoms with E-state index in [0.29, 0.717) is 17.4 Å². The van der Waals surface area contributed by atoms with Crippen LogP contribution in [0.4, 0.5) is 0 Å². The lowest BCUT2D eigenvalue weighted by molar-refractivity contribution is -0.139. The molecular weight excluding hydrogens is 236 g/mol. The van der Waals surface area contributed by atoms with Crippen LogP contribution in [0, 0.1) is 28.6 Å². The molecule has 0 aromatic carbocycles. The first-order valence-electron chi connectivity index (χ1n) is 7.68. The van der Waals surface area contributed by atoms with Gasteiger partial charge in [0.1, 0.15) is 6.61 Å². The Labute approximate surface area is 116 Å². The van der Waals surface area contributed by atoms with Gasteiger partial charge in [0.15, 0.2) is 0 Å². The Morgan fingerprint density at radius 2 is 1.89 bits per heavy atom. The zero-order valence-electron chi connectivity index (χ0n) is 12.7. The molecule has 0 saturated heterocycles. The van der Waals surface area contributed by atoms with Crippen molar-refractivity contribution in [1.82, 2.24) is 0 Å². The summed E-state index contributed by atoms with van der Waals surface area (Å²) >= 11 is 0. The van der Waals surface area contributed by atoms with E-state index in [-0.39, 0.29) is 5.97 Å². The van der Waals surface area contributed by atoms with Crippen LogP contribution in [-0.4, -0.2) is 12.6 Å². The van der Waals surface area contributed by atoms with Crippen molar-refractivity contribution in [3.05, 3.63) is 11.6 Å². The molecule has 2 heteroatoms. The van der Waals surface area contributed by atoms with Crippen molar-refractivity contribution in [3.8, 4) is 0 Å². The van der Waals surface area contributed by atoms with Gasteiger partial charge in [-0.1, -0.05) is 19.4 Å². The highest BCUT2D eigenvalue weighted by Crippen LogP contribution is 2.87. The van der Waals surface area contributed by atoms with Crippen molar-refractivity contribution in [2.24, 2.45) is 28.6 Å². The van der Waals surface area contributed by atoms with Gasteiger partial charge in [0.25, 0.3) is 0 Å². The maximum atomic E-state index is 10.7. The summed E-state index contributed by atoms with van der Waals surface area (Å²) in [6.07, 6.45) is 7.52. The van der Waals surface area contributed by atoms with Gasteiger partial charge in [-0.15, -0.1) is 0 Å². The van der Waals surface area contributed by atoms with Gasteiger partial charge in [-0.2, -0.15) is 0 Å². The van der Waals surface area contributed by atoms with Gasteiger partial charge in [0, 0.05) is 6.92 Å². The highest BCUT2D eigenvalue weighted by Gasteiger charge is 2.80. The lowest BCUT2D eigenvalue weighted by atomic mass is 9.70. The Morgan fingerprint density at radius 3 is 2.37 bits per heavy atom. The van der Waals surface area contributed by atoms with E-state index in [2.05, 4.69) is 26.8 Å². The van der Waals surface area contributed by atoms with E-state index in [1.807, 2.05) is 0 Å². The first kappa shape index (κ1) is 13.2. The molecule has 4 bridgehead atoms. The van der Waals surface area contributed by atoms with Gasteiger partial charge in [-0.05, 0) is 67.3 Å². The van der Waals surface area contributed by atoms with Crippen LogP contribution >= 0.6 is 0 Å². The van der Waals surface area contributed by atoms with Crippen LogP contribution in [0.2, 0.25) is 0 Å². The second-order valence-electron chi connectivity index (χ2n) is 7.43. The lowest BCUT2D eigenvalue weighted by Gasteiger charge is -2.34. The molecular formula is C17H26O2. The summed E-state index contributed by atoms with van der Waals surface area (Å²) in [5.74, 6) is 2.88. The number of hydrogen-bond acceptors (Lipinski definition) is 2. The molecule has 0 spiro atoms. The molecule has 19 heavy (non-hydrogen) atoms. The van der Waals surface area contributed by atoms with Crippen LogP contribution in [-0.2, 0) is 9.53 Å². The predicted molar refractivity (Wildman–Crippen MR) is 75.5 cm³/mol. The summed E-state index contributed by atoms with van der Waals surface area (Å²) in [6.45, 7) is 9.13. The zero-order chi connectivity index (χ0) is 13.8. The molecule has 3 unspecified atom stereocenters. The second kappa shape index (κ2) is 4.10. The maximum absolute atomic E-state index is 10.7. The molecule has 0 aromatic rings. The Hall–Kier alpha value is -0.790. The summed E-state index contributed by atoms with van der Waals surface area (Å²) in [6, 6.07) is 0. The maximum Gasteiger partial charge on any atom is 0.302 e. The number of esters is 1. The van der Waals surface area contributed by atoms with Crippen LogP contribution in [0.1, 0.15) is 53.4 Å². The van der Waals surface area contributed by atoms with Gasteiger partial charge in [-0.3, -0.25) is 4.79 Å². The molecule has 4 fully saturated rings. The van der Waals surface area contributed by atoms with Gasteiger partial charge in [0.2, 0.25) is 0 Å². The van der Waals surface area contributed by atoms with Gasteiger partial charge in [0.05, 0.1) is 0 Å².